The summed E-state index contributed by atoms with van der Waals surface area (Å²) in [6.45, 7) is 4.38. The van der Waals surface area contributed by atoms with Crippen molar-refractivity contribution in [1.82, 2.24) is 0 Å². The highest BCUT2D eigenvalue weighted by Gasteiger charge is 2.44. The second-order valence-electron chi connectivity index (χ2n) is 4.34. The van der Waals surface area contributed by atoms with Crippen molar-refractivity contribution < 1.29 is 4.74 Å². The van der Waals surface area contributed by atoms with Gasteiger partial charge in [0.1, 0.15) is 0 Å². The molecule has 0 aromatic carbocycles. The maximum atomic E-state index is 5.52. The molecule has 0 atom stereocenters. The summed E-state index contributed by atoms with van der Waals surface area (Å²) in [4.78, 5) is 0. The van der Waals surface area contributed by atoms with Crippen LogP contribution in [-0.4, -0.2) is 13.2 Å². The molecule has 2 aliphatic rings. The second kappa shape index (κ2) is 2.78. The van der Waals surface area contributed by atoms with Gasteiger partial charge < -0.3 is 4.74 Å². The molecule has 0 amide bonds. The van der Waals surface area contributed by atoms with Gasteiger partial charge in [-0.25, -0.2) is 0 Å². The highest BCUT2D eigenvalue weighted by atomic mass is 16.5. The minimum absolute atomic E-state index is 0.652. The zero-order valence-corrected chi connectivity index (χ0v) is 7.44. The van der Waals surface area contributed by atoms with Crippen LogP contribution in [0.25, 0.3) is 0 Å². The summed E-state index contributed by atoms with van der Waals surface area (Å²) >= 11 is 0. The van der Waals surface area contributed by atoms with Gasteiger partial charge in [0.15, 0.2) is 0 Å². The van der Waals surface area contributed by atoms with Crippen molar-refractivity contribution in [1.29, 1.82) is 0 Å². The van der Waals surface area contributed by atoms with E-state index >= 15 is 0 Å². The van der Waals surface area contributed by atoms with Crippen LogP contribution >= 0.6 is 0 Å². The molecular weight excluding hydrogens is 136 g/mol. The third-order valence-corrected chi connectivity index (χ3v) is 3.42. The van der Waals surface area contributed by atoms with Crippen molar-refractivity contribution in [2.24, 2.45) is 11.3 Å². The van der Waals surface area contributed by atoms with E-state index in [0.717, 1.165) is 19.1 Å². The summed E-state index contributed by atoms with van der Waals surface area (Å²) in [7, 11) is 0. The Morgan fingerprint density at radius 1 is 1.45 bits per heavy atom. The minimum atomic E-state index is 0.652. The number of hydrogen-bond acceptors (Lipinski definition) is 1. The molecule has 64 valence electrons. The largest absolute Gasteiger partial charge is 0.381 e. The van der Waals surface area contributed by atoms with E-state index in [1.54, 1.807) is 0 Å². The van der Waals surface area contributed by atoms with E-state index in [1.807, 2.05) is 0 Å². The van der Waals surface area contributed by atoms with E-state index in [0.29, 0.717) is 5.41 Å². The van der Waals surface area contributed by atoms with Gasteiger partial charge in [0, 0.05) is 6.61 Å². The van der Waals surface area contributed by atoms with E-state index in [-0.39, 0.29) is 0 Å². The molecule has 0 unspecified atom stereocenters. The summed E-state index contributed by atoms with van der Waals surface area (Å²) in [5.74, 6) is 1.02. The molecule has 0 bridgehead atoms. The highest BCUT2D eigenvalue weighted by molar-refractivity contribution is 4.94. The quantitative estimate of drug-likeness (QED) is 0.564. The predicted octanol–water partition coefficient (Wildman–Crippen LogP) is 2.60. The maximum absolute atomic E-state index is 5.52. The van der Waals surface area contributed by atoms with E-state index in [2.05, 4.69) is 6.92 Å². The third kappa shape index (κ3) is 1.31. The average Bonchev–Trinajstić information content (AvgIpc) is 2.01. The first-order valence-corrected chi connectivity index (χ1v) is 4.92. The van der Waals surface area contributed by atoms with Gasteiger partial charge in [0.2, 0.25) is 0 Å². The Bertz CT molecular complexity index is 128. The molecule has 1 saturated heterocycles. The molecule has 1 aliphatic carbocycles. The lowest BCUT2D eigenvalue weighted by atomic mass is 9.59. The zero-order chi connectivity index (χ0) is 7.73. The third-order valence-electron chi connectivity index (χ3n) is 3.42. The minimum Gasteiger partial charge on any atom is -0.381 e. The van der Waals surface area contributed by atoms with Crippen LogP contribution in [-0.2, 0) is 4.74 Å². The van der Waals surface area contributed by atoms with Crippen molar-refractivity contribution in [3.8, 4) is 0 Å². The molecule has 1 saturated carbocycles. The summed E-state index contributed by atoms with van der Waals surface area (Å²) in [6, 6.07) is 0. The smallest absolute Gasteiger partial charge is 0.0522 e. The first-order chi connectivity index (χ1) is 5.35. The van der Waals surface area contributed by atoms with Gasteiger partial charge in [-0.15, -0.1) is 0 Å². The van der Waals surface area contributed by atoms with Gasteiger partial charge in [0.05, 0.1) is 6.61 Å². The first kappa shape index (κ1) is 7.60. The topological polar surface area (TPSA) is 9.23 Å². The zero-order valence-electron chi connectivity index (χ0n) is 7.44. The van der Waals surface area contributed by atoms with E-state index in [9.17, 15) is 0 Å². The fraction of sp³-hybridized carbons (Fsp3) is 1.00. The fourth-order valence-corrected chi connectivity index (χ4v) is 2.69. The van der Waals surface area contributed by atoms with Crippen LogP contribution in [0.5, 0.6) is 0 Å². The second-order valence-corrected chi connectivity index (χ2v) is 4.34. The average molecular weight is 154 g/mol. The molecule has 1 heteroatoms. The van der Waals surface area contributed by atoms with Crippen LogP contribution in [0.15, 0.2) is 0 Å². The van der Waals surface area contributed by atoms with Gasteiger partial charge in [-0.3, -0.25) is 0 Å². The Morgan fingerprint density at radius 2 is 2.27 bits per heavy atom. The van der Waals surface area contributed by atoms with Crippen molar-refractivity contribution in [3.63, 3.8) is 0 Å². The molecule has 0 radical (unpaired) electrons. The molecule has 0 aromatic rings. The van der Waals surface area contributed by atoms with E-state index in [1.165, 1.54) is 32.1 Å². The molecule has 1 aliphatic heterocycles. The standard InChI is InChI=1S/C10H18O/c1-2-9-6-10(7-9)4-3-5-11-8-10/h9H,2-8H2,1H3. The van der Waals surface area contributed by atoms with Crippen molar-refractivity contribution >= 4 is 0 Å². The summed E-state index contributed by atoms with van der Waals surface area (Å²) < 4.78 is 5.52. The maximum Gasteiger partial charge on any atom is 0.0522 e. The van der Waals surface area contributed by atoms with Crippen LogP contribution in [0, 0.1) is 11.3 Å². The van der Waals surface area contributed by atoms with Crippen molar-refractivity contribution in [2.45, 2.75) is 39.0 Å². The van der Waals surface area contributed by atoms with E-state index in [4.69, 9.17) is 4.74 Å². The lowest BCUT2D eigenvalue weighted by Gasteiger charge is -2.49. The van der Waals surface area contributed by atoms with Crippen LogP contribution in [0.3, 0.4) is 0 Å². The highest BCUT2D eigenvalue weighted by Crippen LogP contribution is 2.51. The molecule has 1 spiro atoms. The van der Waals surface area contributed by atoms with Crippen LogP contribution in [0.1, 0.15) is 39.0 Å². The summed E-state index contributed by atoms with van der Waals surface area (Å²) in [6.07, 6.45) is 7.01. The molecule has 1 nitrogen and oxygen atoms in total. The predicted molar refractivity (Wildman–Crippen MR) is 45.5 cm³/mol. The Kier molecular flexibility index (Phi) is 1.92. The Morgan fingerprint density at radius 3 is 2.82 bits per heavy atom. The SMILES string of the molecule is CCC1CC2(CCCOC2)C1. The Hall–Kier alpha value is -0.0400. The van der Waals surface area contributed by atoms with Crippen LogP contribution < -0.4 is 0 Å². The lowest BCUT2D eigenvalue weighted by molar-refractivity contribution is -0.0822. The fourth-order valence-electron chi connectivity index (χ4n) is 2.69. The van der Waals surface area contributed by atoms with Gasteiger partial charge >= 0.3 is 0 Å². The molecule has 0 N–H and O–H groups in total. The number of rotatable bonds is 1. The lowest BCUT2D eigenvalue weighted by Crippen LogP contribution is -2.43. The van der Waals surface area contributed by atoms with Crippen molar-refractivity contribution in [3.05, 3.63) is 0 Å². The van der Waals surface area contributed by atoms with Gasteiger partial charge in [0.25, 0.3) is 0 Å². The summed E-state index contributed by atoms with van der Waals surface area (Å²) in [5.41, 5.74) is 0.652. The Balaban J connectivity index is 1.84. The molecule has 2 rings (SSSR count). The van der Waals surface area contributed by atoms with Gasteiger partial charge in [-0.2, -0.15) is 0 Å². The normalized spacial score (nSPS) is 43.9. The molecule has 0 aromatic heterocycles. The molecule has 2 fully saturated rings. The first-order valence-electron chi connectivity index (χ1n) is 4.92. The monoisotopic (exact) mass is 154 g/mol. The number of hydrogen-bond donors (Lipinski definition) is 0. The van der Waals surface area contributed by atoms with E-state index < -0.39 is 0 Å². The molecular formula is C10H18O. The van der Waals surface area contributed by atoms with Crippen LogP contribution in [0.2, 0.25) is 0 Å². The summed E-state index contributed by atoms with van der Waals surface area (Å²) in [5, 5.41) is 0. The Labute approximate surface area is 69.1 Å². The number of ether oxygens (including phenoxy) is 1. The van der Waals surface area contributed by atoms with Gasteiger partial charge in [-0.1, -0.05) is 13.3 Å². The molecule has 1 heterocycles. The molecule has 11 heavy (non-hydrogen) atoms. The van der Waals surface area contributed by atoms with Gasteiger partial charge in [-0.05, 0) is 37.0 Å². The van der Waals surface area contributed by atoms with Crippen LogP contribution in [0.4, 0.5) is 0 Å². The van der Waals surface area contributed by atoms with Crippen molar-refractivity contribution in [2.75, 3.05) is 13.2 Å².